The van der Waals surface area contributed by atoms with Crippen LogP contribution in [0.25, 0.3) is 11.5 Å². The number of aromatic nitrogens is 5. The van der Waals surface area contributed by atoms with Gasteiger partial charge in [0.2, 0.25) is 0 Å². The van der Waals surface area contributed by atoms with Gasteiger partial charge in [-0.2, -0.15) is 5.10 Å². The Morgan fingerprint density at radius 2 is 1.97 bits per heavy atom. The summed E-state index contributed by atoms with van der Waals surface area (Å²) >= 11 is 0. The van der Waals surface area contributed by atoms with Gasteiger partial charge >= 0.3 is 0 Å². The zero-order valence-corrected chi connectivity index (χ0v) is 20.3. The lowest BCUT2D eigenvalue weighted by molar-refractivity contribution is 0.100. The molecule has 3 heterocycles. The van der Waals surface area contributed by atoms with E-state index in [1.165, 1.54) is 24.5 Å². The fourth-order valence-corrected chi connectivity index (χ4v) is 4.28. The van der Waals surface area contributed by atoms with Gasteiger partial charge in [0, 0.05) is 53.5 Å². The van der Waals surface area contributed by atoms with Gasteiger partial charge in [0.1, 0.15) is 28.9 Å². The minimum absolute atomic E-state index is 0.0757. The molecule has 3 aromatic heterocycles. The van der Waals surface area contributed by atoms with Crippen LogP contribution < -0.4 is 15.8 Å². The number of hydrogen-bond acceptors (Lipinski definition) is 7. The van der Waals surface area contributed by atoms with Crippen molar-refractivity contribution in [1.82, 2.24) is 24.7 Å². The summed E-state index contributed by atoms with van der Waals surface area (Å²) in [4.78, 5) is 24.6. The maximum Gasteiger partial charge on any atom is 0.252 e. The minimum atomic E-state index is -0.690. The second kappa shape index (κ2) is 9.92. The van der Waals surface area contributed by atoms with Crippen molar-refractivity contribution in [3.8, 4) is 17.3 Å². The molecule has 37 heavy (non-hydrogen) atoms. The number of pyridine rings is 1. The highest BCUT2D eigenvalue weighted by Crippen LogP contribution is 2.43. The standard InChI is InChI=1S/C26H25F2N7O2/c1-3-37-16-10-19(27)18(20(28)11-16)13-35-24(15-4-5-15)14(2)23(34-35)26-31-9-7-22(33-26)32-21-6-8-30-12-17(21)25(29)36/h6-12,15H,3-5,13H2,1-2H3,(H2,29,36)(H,30,31,32,33). The molecular weight excluding hydrogens is 480 g/mol. The number of rotatable bonds is 9. The molecule has 0 bridgehead atoms. The Morgan fingerprint density at radius 1 is 1.22 bits per heavy atom. The Hall–Kier alpha value is -4.41. The molecule has 1 saturated carbocycles. The molecule has 0 atom stereocenters. The first-order valence-corrected chi connectivity index (χ1v) is 11.9. The summed E-state index contributed by atoms with van der Waals surface area (Å²) in [5.41, 5.74) is 8.31. The van der Waals surface area contributed by atoms with Crippen molar-refractivity contribution in [3.63, 3.8) is 0 Å². The Kier molecular flexibility index (Phi) is 6.51. The Labute approximate surface area is 211 Å². The number of nitrogens with two attached hydrogens (primary N) is 1. The number of halogens is 2. The fourth-order valence-electron chi connectivity index (χ4n) is 4.28. The number of amides is 1. The third kappa shape index (κ3) is 4.97. The molecule has 5 rings (SSSR count). The van der Waals surface area contributed by atoms with Gasteiger partial charge in [0.05, 0.1) is 24.4 Å². The molecule has 3 N–H and O–H groups in total. The van der Waals surface area contributed by atoms with Gasteiger partial charge in [-0.05, 0) is 38.8 Å². The van der Waals surface area contributed by atoms with Gasteiger partial charge in [-0.1, -0.05) is 0 Å². The van der Waals surface area contributed by atoms with E-state index in [0.717, 1.165) is 24.1 Å². The molecule has 1 fully saturated rings. The highest BCUT2D eigenvalue weighted by molar-refractivity contribution is 5.98. The molecule has 0 spiro atoms. The summed E-state index contributed by atoms with van der Waals surface area (Å²) in [7, 11) is 0. The van der Waals surface area contributed by atoms with Crippen molar-refractivity contribution < 1.29 is 18.3 Å². The van der Waals surface area contributed by atoms with Gasteiger partial charge in [-0.25, -0.2) is 18.7 Å². The second-order valence-electron chi connectivity index (χ2n) is 8.77. The topological polar surface area (TPSA) is 121 Å². The maximum absolute atomic E-state index is 14.8. The van der Waals surface area contributed by atoms with E-state index < -0.39 is 17.5 Å². The lowest BCUT2D eigenvalue weighted by atomic mass is 10.1. The third-order valence-electron chi connectivity index (χ3n) is 6.15. The van der Waals surface area contributed by atoms with Crippen LogP contribution in [0.1, 0.15) is 52.9 Å². The fraction of sp³-hybridized carbons (Fsp3) is 0.269. The molecule has 1 amide bonds. The SMILES string of the molecule is CCOc1cc(F)c(Cn2nc(-c3nccc(Nc4ccncc4C(N)=O)n3)c(C)c2C2CC2)c(F)c1. The third-order valence-corrected chi connectivity index (χ3v) is 6.15. The van der Waals surface area contributed by atoms with Gasteiger partial charge in [-0.3, -0.25) is 14.5 Å². The molecule has 1 aliphatic rings. The Balaban J connectivity index is 1.49. The number of hydrogen-bond donors (Lipinski definition) is 2. The molecule has 11 heteroatoms. The summed E-state index contributed by atoms with van der Waals surface area (Å²) in [6.45, 7) is 3.90. The first kappa shape index (κ1) is 24.3. The van der Waals surface area contributed by atoms with Crippen molar-refractivity contribution in [3.05, 3.63) is 76.9 Å². The van der Waals surface area contributed by atoms with Crippen LogP contribution in [0.3, 0.4) is 0 Å². The lowest BCUT2D eigenvalue weighted by Crippen LogP contribution is -2.14. The predicted molar refractivity (Wildman–Crippen MR) is 133 cm³/mol. The van der Waals surface area contributed by atoms with Crippen LogP contribution >= 0.6 is 0 Å². The van der Waals surface area contributed by atoms with Gasteiger partial charge in [-0.15, -0.1) is 0 Å². The molecule has 9 nitrogen and oxygen atoms in total. The average molecular weight is 506 g/mol. The van der Waals surface area contributed by atoms with E-state index in [1.807, 2.05) is 6.92 Å². The van der Waals surface area contributed by atoms with Crippen molar-refractivity contribution in [2.75, 3.05) is 11.9 Å². The Morgan fingerprint density at radius 3 is 2.65 bits per heavy atom. The van der Waals surface area contributed by atoms with Gasteiger partial charge < -0.3 is 15.8 Å². The van der Waals surface area contributed by atoms with Crippen LogP contribution in [-0.4, -0.2) is 37.2 Å². The smallest absolute Gasteiger partial charge is 0.252 e. The summed E-state index contributed by atoms with van der Waals surface area (Å²) in [5.74, 6) is -0.842. The van der Waals surface area contributed by atoms with Crippen LogP contribution in [0.4, 0.5) is 20.3 Å². The first-order chi connectivity index (χ1) is 17.9. The summed E-state index contributed by atoms with van der Waals surface area (Å²) in [5, 5.41) is 7.76. The van der Waals surface area contributed by atoms with Gasteiger partial charge in [0.15, 0.2) is 5.82 Å². The predicted octanol–water partition coefficient (Wildman–Crippen LogP) is 4.49. The van der Waals surface area contributed by atoms with E-state index in [4.69, 9.17) is 10.5 Å². The van der Waals surface area contributed by atoms with E-state index in [9.17, 15) is 13.6 Å². The van der Waals surface area contributed by atoms with E-state index >= 15 is 0 Å². The summed E-state index contributed by atoms with van der Waals surface area (Å²) in [6.07, 6.45) is 6.42. The summed E-state index contributed by atoms with van der Waals surface area (Å²) < 4.78 is 36.5. The van der Waals surface area contributed by atoms with Crippen molar-refractivity contribution in [1.29, 1.82) is 0 Å². The maximum atomic E-state index is 14.8. The highest BCUT2D eigenvalue weighted by atomic mass is 19.1. The first-order valence-electron chi connectivity index (χ1n) is 11.9. The van der Waals surface area contributed by atoms with E-state index in [2.05, 4.69) is 25.4 Å². The molecular formula is C26H25F2N7O2. The number of ether oxygens (including phenoxy) is 1. The van der Waals surface area contributed by atoms with Crippen LogP contribution in [-0.2, 0) is 6.54 Å². The number of nitrogens with one attached hydrogen (secondary N) is 1. The van der Waals surface area contributed by atoms with E-state index in [-0.39, 0.29) is 29.3 Å². The largest absolute Gasteiger partial charge is 0.494 e. The van der Waals surface area contributed by atoms with E-state index in [0.29, 0.717) is 29.6 Å². The van der Waals surface area contributed by atoms with Crippen LogP contribution in [0.15, 0.2) is 42.9 Å². The average Bonchev–Trinajstić information content (AvgIpc) is 3.65. The zero-order valence-electron chi connectivity index (χ0n) is 20.3. The monoisotopic (exact) mass is 505 g/mol. The van der Waals surface area contributed by atoms with Gasteiger partial charge in [0.25, 0.3) is 5.91 Å². The molecule has 190 valence electrons. The van der Waals surface area contributed by atoms with Crippen LogP contribution in [0.5, 0.6) is 5.75 Å². The van der Waals surface area contributed by atoms with Crippen LogP contribution in [0.2, 0.25) is 0 Å². The number of benzene rings is 1. The second-order valence-corrected chi connectivity index (χ2v) is 8.77. The minimum Gasteiger partial charge on any atom is -0.494 e. The molecule has 1 aliphatic carbocycles. The number of carbonyl (C=O) groups is 1. The molecule has 1 aromatic carbocycles. The molecule has 0 aliphatic heterocycles. The van der Waals surface area contributed by atoms with Crippen LogP contribution in [0, 0.1) is 18.6 Å². The molecule has 4 aromatic rings. The number of anilines is 2. The Bertz CT molecular complexity index is 1460. The number of nitrogens with zero attached hydrogens (tertiary/aromatic N) is 5. The zero-order chi connectivity index (χ0) is 26.1. The molecule has 0 unspecified atom stereocenters. The normalized spacial score (nSPS) is 13.0. The molecule has 0 radical (unpaired) electrons. The van der Waals surface area contributed by atoms with Crippen molar-refractivity contribution >= 4 is 17.4 Å². The van der Waals surface area contributed by atoms with Crippen molar-refractivity contribution in [2.24, 2.45) is 5.73 Å². The number of carbonyl (C=O) groups excluding carboxylic acids is 1. The van der Waals surface area contributed by atoms with Crippen molar-refractivity contribution in [2.45, 2.75) is 39.2 Å². The number of primary amides is 1. The lowest BCUT2D eigenvalue weighted by Gasteiger charge is -2.11. The molecule has 0 saturated heterocycles. The quantitative estimate of drug-likeness (QED) is 0.344. The highest BCUT2D eigenvalue weighted by Gasteiger charge is 2.32. The summed E-state index contributed by atoms with van der Waals surface area (Å²) in [6, 6.07) is 5.64. The van der Waals surface area contributed by atoms with E-state index in [1.54, 1.807) is 29.9 Å².